The first-order valence-electron chi connectivity index (χ1n) is 5.89. The maximum Gasteiger partial charge on any atom is 0.147 e. The molecule has 0 unspecified atom stereocenters. The summed E-state index contributed by atoms with van der Waals surface area (Å²) in [6.45, 7) is 0.437. The van der Waals surface area contributed by atoms with Crippen molar-refractivity contribution < 1.29 is 12.8 Å². The van der Waals surface area contributed by atoms with Gasteiger partial charge in [-0.15, -0.1) is 11.6 Å². The van der Waals surface area contributed by atoms with E-state index in [9.17, 15) is 12.8 Å². The van der Waals surface area contributed by atoms with Gasteiger partial charge < -0.3 is 4.57 Å². The highest BCUT2D eigenvalue weighted by Gasteiger charge is 2.13. The van der Waals surface area contributed by atoms with E-state index in [-0.39, 0.29) is 17.5 Å². The smallest absolute Gasteiger partial charge is 0.147 e. The molecule has 2 rings (SSSR count). The number of benzene rings is 1. The first kappa shape index (κ1) is 15.7. The van der Waals surface area contributed by atoms with E-state index >= 15 is 0 Å². The van der Waals surface area contributed by atoms with Gasteiger partial charge in [0, 0.05) is 18.9 Å². The summed E-state index contributed by atoms with van der Waals surface area (Å²) >= 11 is 8.96. The Hall–Kier alpha value is -0.660. The molecule has 0 aliphatic rings. The number of imidazole rings is 1. The molecule has 8 heteroatoms. The minimum absolute atomic E-state index is 0.0768. The third kappa shape index (κ3) is 3.51. The quantitative estimate of drug-likeness (QED) is 0.746. The van der Waals surface area contributed by atoms with Gasteiger partial charge in [0.1, 0.15) is 21.5 Å². The summed E-state index contributed by atoms with van der Waals surface area (Å²) in [5.74, 6) is 0.482. The molecule has 0 saturated heterocycles. The van der Waals surface area contributed by atoms with Gasteiger partial charge in [-0.1, -0.05) is 0 Å². The molecule has 1 aromatic heterocycles. The van der Waals surface area contributed by atoms with Crippen molar-refractivity contribution >= 4 is 48.4 Å². The molecule has 4 nitrogen and oxygen atoms in total. The van der Waals surface area contributed by atoms with Crippen molar-refractivity contribution in [2.24, 2.45) is 0 Å². The normalized spacial score (nSPS) is 12.2. The molecule has 0 amide bonds. The zero-order chi connectivity index (χ0) is 14.9. The Morgan fingerprint density at radius 2 is 2.15 bits per heavy atom. The van der Waals surface area contributed by atoms with Gasteiger partial charge in [-0.3, -0.25) is 0 Å². The van der Waals surface area contributed by atoms with Crippen LogP contribution >= 0.6 is 27.5 Å². The highest BCUT2D eigenvalue weighted by molar-refractivity contribution is 9.10. The Labute approximate surface area is 130 Å². The number of rotatable bonds is 5. The van der Waals surface area contributed by atoms with Crippen LogP contribution in [-0.4, -0.2) is 30.0 Å². The van der Waals surface area contributed by atoms with Gasteiger partial charge in [-0.2, -0.15) is 0 Å². The number of alkyl halides is 1. The number of sulfone groups is 1. The number of aryl methyl sites for hydroxylation is 1. The van der Waals surface area contributed by atoms with Crippen LogP contribution in [0.5, 0.6) is 0 Å². The van der Waals surface area contributed by atoms with Crippen LogP contribution in [0, 0.1) is 5.82 Å². The molecule has 1 heterocycles. The summed E-state index contributed by atoms with van der Waals surface area (Å²) in [4.78, 5) is 4.33. The van der Waals surface area contributed by atoms with Crippen molar-refractivity contribution in [3.05, 3.63) is 28.2 Å². The fourth-order valence-corrected chi connectivity index (χ4v) is 3.20. The maximum absolute atomic E-state index is 13.6. The van der Waals surface area contributed by atoms with Crippen molar-refractivity contribution in [2.45, 2.75) is 18.8 Å². The second kappa shape index (κ2) is 5.99. The lowest BCUT2D eigenvalue weighted by Crippen LogP contribution is -2.09. The van der Waals surface area contributed by atoms with Gasteiger partial charge in [0.2, 0.25) is 0 Å². The van der Waals surface area contributed by atoms with E-state index in [0.717, 1.165) is 0 Å². The summed E-state index contributed by atoms with van der Waals surface area (Å²) in [6.07, 6.45) is 1.63. The molecule has 0 N–H and O–H groups in total. The molecular weight excluding hydrogens is 371 g/mol. The predicted octanol–water partition coefficient (Wildman–Crippen LogP) is 3.11. The van der Waals surface area contributed by atoms with Gasteiger partial charge in [0.05, 0.1) is 27.1 Å². The van der Waals surface area contributed by atoms with Crippen molar-refractivity contribution in [3.8, 4) is 0 Å². The van der Waals surface area contributed by atoms with Gasteiger partial charge in [0.25, 0.3) is 0 Å². The standard InChI is InChI=1S/C12H13BrClFN2O2S/c1-20(18,19)4-2-3-17-11-6-9(15)8(13)5-10(11)16-12(17)7-14/h5-6H,2-4,7H2,1H3. The number of aromatic nitrogens is 2. The summed E-state index contributed by atoms with van der Waals surface area (Å²) in [5.41, 5.74) is 1.25. The van der Waals surface area contributed by atoms with Gasteiger partial charge in [-0.05, 0) is 28.4 Å². The second-order valence-corrected chi connectivity index (χ2v) is 7.93. The van der Waals surface area contributed by atoms with Gasteiger partial charge >= 0.3 is 0 Å². The zero-order valence-electron chi connectivity index (χ0n) is 10.7. The average Bonchev–Trinajstić information content (AvgIpc) is 2.66. The lowest BCUT2D eigenvalue weighted by atomic mass is 10.3. The summed E-state index contributed by atoms with van der Waals surface area (Å²) in [7, 11) is -3.01. The van der Waals surface area contributed by atoms with Crippen molar-refractivity contribution in [3.63, 3.8) is 0 Å². The predicted molar refractivity (Wildman–Crippen MR) is 81.3 cm³/mol. The fraction of sp³-hybridized carbons (Fsp3) is 0.417. The third-order valence-electron chi connectivity index (χ3n) is 2.89. The minimum atomic E-state index is -3.01. The summed E-state index contributed by atoms with van der Waals surface area (Å²) in [6, 6.07) is 2.97. The van der Waals surface area contributed by atoms with Crippen molar-refractivity contribution in [1.29, 1.82) is 0 Å². The number of halogens is 3. The molecule has 0 saturated carbocycles. The Bertz CT molecular complexity index is 745. The van der Waals surface area contributed by atoms with E-state index in [1.807, 2.05) is 0 Å². The zero-order valence-corrected chi connectivity index (χ0v) is 13.9. The van der Waals surface area contributed by atoms with Crippen LogP contribution in [0.15, 0.2) is 16.6 Å². The molecule has 0 fully saturated rings. The average molecular weight is 384 g/mol. The molecule has 0 aliphatic heterocycles. The first-order chi connectivity index (χ1) is 9.31. The van der Waals surface area contributed by atoms with E-state index < -0.39 is 9.84 Å². The largest absolute Gasteiger partial charge is 0.327 e. The summed E-state index contributed by atoms with van der Waals surface area (Å²) in [5, 5.41) is 0. The van der Waals surface area contributed by atoms with Crippen LogP contribution in [0.1, 0.15) is 12.2 Å². The van der Waals surface area contributed by atoms with E-state index in [0.29, 0.717) is 34.3 Å². The molecule has 20 heavy (non-hydrogen) atoms. The molecule has 0 spiro atoms. The van der Waals surface area contributed by atoms with Crippen molar-refractivity contribution in [2.75, 3.05) is 12.0 Å². The summed E-state index contributed by atoms with van der Waals surface area (Å²) < 4.78 is 38.1. The molecule has 0 aliphatic carbocycles. The molecule has 0 bridgehead atoms. The Kier molecular flexibility index (Phi) is 4.71. The lowest BCUT2D eigenvalue weighted by molar-refractivity contribution is 0.590. The van der Waals surface area contributed by atoms with Crippen LogP contribution in [0.3, 0.4) is 0 Å². The van der Waals surface area contributed by atoms with Crippen molar-refractivity contribution in [1.82, 2.24) is 9.55 Å². The van der Waals surface area contributed by atoms with E-state index in [1.54, 1.807) is 10.6 Å². The van der Waals surface area contributed by atoms with Gasteiger partial charge in [-0.25, -0.2) is 17.8 Å². The molecule has 0 atom stereocenters. The topological polar surface area (TPSA) is 52.0 Å². The Morgan fingerprint density at radius 1 is 1.45 bits per heavy atom. The second-order valence-electron chi connectivity index (χ2n) is 4.55. The third-order valence-corrected chi connectivity index (χ3v) is 4.76. The lowest BCUT2D eigenvalue weighted by Gasteiger charge is -2.07. The number of nitrogens with zero attached hydrogens (tertiary/aromatic N) is 2. The Balaban J connectivity index is 2.37. The SMILES string of the molecule is CS(=O)(=O)CCCn1c(CCl)nc2cc(Br)c(F)cc21. The first-order valence-corrected chi connectivity index (χ1v) is 9.28. The monoisotopic (exact) mass is 382 g/mol. The van der Waals surface area contributed by atoms with Crippen LogP contribution < -0.4 is 0 Å². The van der Waals surface area contributed by atoms with E-state index in [1.165, 1.54) is 12.3 Å². The maximum atomic E-state index is 13.6. The van der Waals surface area contributed by atoms with Crippen LogP contribution in [0.4, 0.5) is 4.39 Å². The number of hydrogen-bond donors (Lipinski definition) is 0. The number of fused-ring (bicyclic) bond motifs is 1. The highest BCUT2D eigenvalue weighted by Crippen LogP contribution is 2.25. The molecular formula is C12H13BrClFN2O2S. The minimum Gasteiger partial charge on any atom is -0.327 e. The molecule has 110 valence electrons. The highest BCUT2D eigenvalue weighted by atomic mass is 79.9. The molecule has 0 radical (unpaired) electrons. The molecule has 1 aromatic carbocycles. The van der Waals surface area contributed by atoms with Gasteiger partial charge in [0.15, 0.2) is 0 Å². The van der Waals surface area contributed by atoms with E-state index in [2.05, 4.69) is 20.9 Å². The Morgan fingerprint density at radius 3 is 2.75 bits per heavy atom. The molecule has 2 aromatic rings. The van der Waals surface area contributed by atoms with Crippen LogP contribution in [0.25, 0.3) is 11.0 Å². The van der Waals surface area contributed by atoms with Crippen LogP contribution in [0.2, 0.25) is 0 Å². The number of hydrogen-bond acceptors (Lipinski definition) is 3. The van der Waals surface area contributed by atoms with E-state index in [4.69, 9.17) is 11.6 Å². The van der Waals surface area contributed by atoms with Crippen LogP contribution in [-0.2, 0) is 22.3 Å². The fourth-order valence-electron chi connectivity index (χ4n) is 2.01.